The molecule has 29 heavy (non-hydrogen) atoms. The van der Waals surface area contributed by atoms with Gasteiger partial charge in [0.15, 0.2) is 5.60 Å². The molecule has 0 aromatic heterocycles. The van der Waals surface area contributed by atoms with Crippen molar-refractivity contribution in [3.05, 3.63) is 29.8 Å². The Morgan fingerprint density at radius 3 is 2.86 bits per heavy atom. The van der Waals surface area contributed by atoms with Crippen LogP contribution in [0.2, 0.25) is 0 Å². The maximum absolute atomic E-state index is 13.0. The van der Waals surface area contributed by atoms with Crippen LogP contribution < -0.4 is 15.4 Å². The number of nitrogens with zero attached hydrogens (tertiary/aromatic N) is 1. The lowest BCUT2D eigenvalue weighted by Crippen LogP contribution is -2.62. The standard InChI is InChI=1S/C19H27N3O6S/c1-13(2)29(25,26)22-11-16(19(12-22)18(24)20-7-8-28-19)17(23)21-10-14-5-4-6-15(9-14)27-3/h4-6,9,13,16H,7-8,10-12H2,1-3H3,(H,20,24)(H,21,23)/t16-,19-/m1/s1. The van der Waals surface area contributed by atoms with Gasteiger partial charge in [0.2, 0.25) is 15.9 Å². The third-order valence-electron chi connectivity index (χ3n) is 5.36. The van der Waals surface area contributed by atoms with E-state index in [1.54, 1.807) is 33.1 Å². The first-order valence-corrected chi connectivity index (χ1v) is 11.0. The zero-order chi connectivity index (χ0) is 21.2. The van der Waals surface area contributed by atoms with Crippen molar-refractivity contribution in [3.8, 4) is 5.75 Å². The van der Waals surface area contributed by atoms with Crippen molar-refractivity contribution in [1.82, 2.24) is 14.9 Å². The Morgan fingerprint density at radius 2 is 2.21 bits per heavy atom. The highest BCUT2D eigenvalue weighted by Gasteiger charge is 2.59. The van der Waals surface area contributed by atoms with Gasteiger partial charge in [-0.2, -0.15) is 4.31 Å². The highest BCUT2D eigenvalue weighted by Crippen LogP contribution is 2.36. The molecule has 2 saturated heterocycles. The summed E-state index contributed by atoms with van der Waals surface area (Å²) in [7, 11) is -2.08. The third kappa shape index (κ3) is 4.10. The Hall–Kier alpha value is -2.17. The molecule has 0 bridgehead atoms. The van der Waals surface area contributed by atoms with E-state index in [0.29, 0.717) is 12.3 Å². The Bertz CT molecular complexity index is 888. The summed E-state index contributed by atoms with van der Waals surface area (Å²) in [6.07, 6.45) is 0. The van der Waals surface area contributed by atoms with Gasteiger partial charge < -0.3 is 20.1 Å². The Kier molecular flexibility index (Phi) is 6.16. The molecule has 0 saturated carbocycles. The van der Waals surface area contributed by atoms with Gasteiger partial charge in [-0.15, -0.1) is 0 Å². The molecule has 10 heteroatoms. The second-order valence-corrected chi connectivity index (χ2v) is 9.99. The first-order chi connectivity index (χ1) is 13.7. The second-order valence-electron chi connectivity index (χ2n) is 7.50. The number of nitrogens with one attached hydrogen (secondary N) is 2. The van der Waals surface area contributed by atoms with Gasteiger partial charge in [0.25, 0.3) is 5.91 Å². The minimum Gasteiger partial charge on any atom is -0.497 e. The predicted octanol–water partition coefficient (Wildman–Crippen LogP) is -0.133. The van der Waals surface area contributed by atoms with E-state index in [2.05, 4.69) is 10.6 Å². The lowest BCUT2D eigenvalue weighted by atomic mass is 9.87. The summed E-state index contributed by atoms with van der Waals surface area (Å²) in [6, 6.07) is 7.24. The van der Waals surface area contributed by atoms with Crippen molar-refractivity contribution >= 4 is 21.8 Å². The van der Waals surface area contributed by atoms with Crippen molar-refractivity contribution < 1.29 is 27.5 Å². The Morgan fingerprint density at radius 1 is 1.45 bits per heavy atom. The van der Waals surface area contributed by atoms with Crippen molar-refractivity contribution in [3.63, 3.8) is 0 Å². The lowest BCUT2D eigenvalue weighted by Gasteiger charge is -2.36. The molecular formula is C19H27N3O6S. The van der Waals surface area contributed by atoms with Gasteiger partial charge in [0.05, 0.1) is 31.4 Å². The second kappa shape index (κ2) is 8.29. The van der Waals surface area contributed by atoms with Crippen LogP contribution in [0.4, 0.5) is 0 Å². The fraction of sp³-hybridized carbons (Fsp3) is 0.579. The SMILES string of the molecule is COc1cccc(CNC(=O)[C@H]2CN(S(=O)(=O)C(C)C)C[C@@]23OCCNC3=O)c1. The molecular weight excluding hydrogens is 398 g/mol. The zero-order valence-electron chi connectivity index (χ0n) is 16.8. The highest BCUT2D eigenvalue weighted by atomic mass is 32.2. The fourth-order valence-corrected chi connectivity index (χ4v) is 4.98. The Labute approximate surface area is 170 Å². The van der Waals surface area contributed by atoms with E-state index >= 15 is 0 Å². The minimum atomic E-state index is -3.64. The van der Waals surface area contributed by atoms with Crippen molar-refractivity contribution in [2.75, 3.05) is 33.4 Å². The minimum absolute atomic E-state index is 0.0993. The van der Waals surface area contributed by atoms with Gasteiger partial charge in [-0.3, -0.25) is 9.59 Å². The average Bonchev–Trinajstić information content (AvgIpc) is 3.09. The molecule has 3 rings (SSSR count). The number of amides is 2. The van der Waals surface area contributed by atoms with E-state index in [1.807, 2.05) is 12.1 Å². The summed E-state index contributed by atoms with van der Waals surface area (Å²) < 4.78 is 37.5. The number of sulfonamides is 1. The van der Waals surface area contributed by atoms with Crippen LogP contribution in [-0.2, 0) is 30.9 Å². The molecule has 1 aromatic carbocycles. The smallest absolute Gasteiger partial charge is 0.254 e. The van der Waals surface area contributed by atoms with E-state index in [9.17, 15) is 18.0 Å². The number of morpholine rings is 1. The number of rotatable bonds is 6. The van der Waals surface area contributed by atoms with Crippen LogP contribution in [0.15, 0.2) is 24.3 Å². The van der Waals surface area contributed by atoms with Gasteiger partial charge in [0.1, 0.15) is 5.75 Å². The van der Waals surface area contributed by atoms with E-state index in [1.165, 1.54) is 4.31 Å². The van der Waals surface area contributed by atoms with E-state index in [4.69, 9.17) is 9.47 Å². The number of carbonyl (C=O) groups excluding carboxylic acids is 2. The molecule has 0 radical (unpaired) electrons. The molecule has 2 aliphatic heterocycles. The van der Waals surface area contributed by atoms with Crippen LogP contribution in [0.5, 0.6) is 5.75 Å². The molecule has 1 spiro atoms. The summed E-state index contributed by atoms with van der Waals surface area (Å²) in [6.45, 7) is 3.65. The molecule has 0 unspecified atom stereocenters. The summed E-state index contributed by atoms with van der Waals surface area (Å²) in [4.78, 5) is 25.7. The molecule has 9 nitrogen and oxygen atoms in total. The van der Waals surface area contributed by atoms with Crippen LogP contribution in [-0.4, -0.2) is 68.7 Å². The van der Waals surface area contributed by atoms with Crippen LogP contribution in [0, 0.1) is 5.92 Å². The summed E-state index contributed by atoms with van der Waals surface area (Å²) >= 11 is 0. The maximum Gasteiger partial charge on any atom is 0.254 e. The van der Waals surface area contributed by atoms with Gasteiger partial charge in [-0.25, -0.2) is 8.42 Å². The van der Waals surface area contributed by atoms with Crippen molar-refractivity contribution in [1.29, 1.82) is 0 Å². The van der Waals surface area contributed by atoms with Crippen molar-refractivity contribution in [2.45, 2.75) is 31.2 Å². The molecule has 0 aliphatic carbocycles. The van der Waals surface area contributed by atoms with E-state index in [0.717, 1.165) is 5.56 Å². The first kappa shape index (κ1) is 21.5. The number of hydrogen-bond acceptors (Lipinski definition) is 6. The topological polar surface area (TPSA) is 114 Å². The largest absolute Gasteiger partial charge is 0.497 e. The summed E-state index contributed by atoms with van der Waals surface area (Å²) in [5.74, 6) is -1.15. The predicted molar refractivity (Wildman–Crippen MR) is 106 cm³/mol. The zero-order valence-corrected chi connectivity index (χ0v) is 17.6. The van der Waals surface area contributed by atoms with Gasteiger partial charge >= 0.3 is 0 Å². The molecule has 2 N–H and O–H groups in total. The summed E-state index contributed by atoms with van der Waals surface area (Å²) in [5, 5.41) is 4.86. The highest BCUT2D eigenvalue weighted by molar-refractivity contribution is 7.89. The molecule has 160 valence electrons. The van der Waals surface area contributed by atoms with Gasteiger partial charge in [-0.1, -0.05) is 12.1 Å². The Balaban J connectivity index is 1.81. The molecule has 1 aromatic rings. The number of hydrogen-bond donors (Lipinski definition) is 2. The molecule has 2 atom stereocenters. The lowest BCUT2D eigenvalue weighted by molar-refractivity contribution is -0.163. The molecule has 2 fully saturated rings. The van der Waals surface area contributed by atoms with Gasteiger partial charge in [-0.05, 0) is 31.5 Å². The number of benzene rings is 1. The average molecular weight is 426 g/mol. The monoisotopic (exact) mass is 425 g/mol. The summed E-state index contributed by atoms with van der Waals surface area (Å²) in [5.41, 5.74) is -0.691. The maximum atomic E-state index is 13.0. The third-order valence-corrected chi connectivity index (χ3v) is 7.55. The number of methoxy groups -OCH3 is 1. The normalized spacial score (nSPS) is 25.2. The van der Waals surface area contributed by atoms with Gasteiger partial charge in [0, 0.05) is 19.6 Å². The van der Waals surface area contributed by atoms with Crippen molar-refractivity contribution in [2.24, 2.45) is 5.92 Å². The quantitative estimate of drug-likeness (QED) is 0.656. The van der Waals surface area contributed by atoms with E-state index < -0.39 is 38.6 Å². The van der Waals surface area contributed by atoms with Crippen LogP contribution in [0.25, 0.3) is 0 Å². The molecule has 2 aliphatic rings. The van der Waals surface area contributed by atoms with E-state index in [-0.39, 0.29) is 26.2 Å². The molecule has 2 amide bonds. The number of carbonyl (C=O) groups is 2. The van der Waals surface area contributed by atoms with Crippen LogP contribution in [0.3, 0.4) is 0 Å². The van der Waals surface area contributed by atoms with Crippen LogP contribution >= 0.6 is 0 Å². The van der Waals surface area contributed by atoms with Crippen LogP contribution in [0.1, 0.15) is 19.4 Å². The number of ether oxygens (including phenoxy) is 2. The first-order valence-electron chi connectivity index (χ1n) is 9.52. The molecule has 2 heterocycles. The fourth-order valence-electron chi connectivity index (χ4n) is 3.66.